The van der Waals surface area contributed by atoms with E-state index in [4.69, 9.17) is 5.73 Å². The van der Waals surface area contributed by atoms with Crippen molar-refractivity contribution in [2.75, 3.05) is 18.5 Å². The predicted molar refractivity (Wildman–Crippen MR) is 75.0 cm³/mol. The summed E-state index contributed by atoms with van der Waals surface area (Å²) in [5.41, 5.74) is 5.46. The van der Waals surface area contributed by atoms with Crippen LogP contribution in [0.4, 0.5) is 14.5 Å². The van der Waals surface area contributed by atoms with Crippen molar-refractivity contribution in [3.8, 4) is 0 Å². The van der Waals surface area contributed by atoms with Gasteiger partial charge in [0.2, 0.25) is 0 Å². The van der Waals surface area contributed by atoms with Crippen LogP contribution < -0.4 is 10.6 Å². The molecule has 0 aromatic heterocycles. The van der Waals surface area contributed by atoms with E-state index in [-0.39, 0.29) is 21.7 Å². The van der Waals surface area contributed by atoms with Crippen LogP contribution in [0.25, 0.3) is 0 Å². The van der Waals surface area contributed by atoms with Crippen LogP contribution in [0.15, 0.2) is 12.1 Å². The molecule has 0 bridgehead atoms. The fourth-order valence-electron chi connectivity index (χ4n) is 1.82. The molecule has 0 atom stereocenters. The van der Waals surface area contributed by atoms with Crippen molar-refractivity contribution in [2.24, 2.45) is 11.1 Å². The van der Waals surface area contributed by atoms with Crippen LogP contribution in [0, 0.1) is 17.0 Å². The second-order valence-electron chi connectivity index (χ2n) is 5.54. The van der Waals surface area contributed by atoms with Gasteiger partial charge in [0.1, 0.15) is 4.99 Å². The molecule has 100 valence electrons. The lowest BCUT2D eigenvalue weighted by atomic mass is 9.96. The number of nitrogens with two attached hydrogens (primary N) is 1. The smallest absolute Gasteiger partial charge is 0.182 e. The van der Waals surface area contributed by atoms with Gasteiger partial charge in [-0.25, -0.2) is 8.78 Å². The van der Waals surface area contributed by atoms with E-state index in [1.165, 1.54) is 12.1 Å². The maximum atomic E-state index is 13.9. The molecule has 0 fully saturated rings. The van der Waals surface area contributed by atoms with E-state index in [0.717, 1.165) is 0 Å². The maximum absolute atomic E-state index is 13.9. The van der Waals surface area contributed by atoms with Crippen molar-refractivity contribution in [3.05, 3.63) is 29.3 Å². The molecule has 0 heterocycles. The van der Waals surface area contributed by atoms with Gasteiger partial charge in [0.25, 0.3) is 0 Å². The van der Waals surface area contributed by atoms with Gasteiger partial charge in [-0.05, 0) is 17.5 Å². The second kappa shape index (κ2) is 5.18. The van der Waals surface area contributed by atoms with Crippen molar-refractivity contribution in [1.29, 1.82) is 0 Å². The summed E-state index contributed by atoms with van der Waals surface area (Å²) in [6, 6.07) is 2.91. The molecule has 5 heteroatoms. The molecule has 0 aliphatic heterocycles. The van der Waals surface area contributed by atoms with E-state index in [1.54, 1.807) is 11.9 Å². The summed E-state index contributed by atoms with van der Waals surface area (Å²) in [5.74, 6) is -1.90. The summed E-state index contributed by atoms with van der Waals surface area (Å²) in [4.78, 5) is 1.54. The first-order chi connectivity index (χ1) is 8.13. The molecule has 0 unspecified atom stereocenters. The Hall–Kier alpha value is -1.23. The molecule has 0 spiro atoms. The third kappa shape index (κ3) is 3.38. The Bertz CT molecular complexity index is 467. The Labute approximate surface area is 112 Å². The number of thiocarbonyl (C=S) groups is 1. The SMILES string of the molecule is CN(CC(C)(C)C)c1ccc(C(N)=S)c(F)c1F. The number of hydrogen-bond acceptors (Lipinski definition) is 2. The first-order valence-electron chi connectivity index (χ1n) is 5.62. The second-order valence-corrected chi connectivity index (χ2v) is 5.98. The summed E-state index contributed by atoms with van der Waals surface area (Å²) >= 11 is 4.66. The largest absolute Gasteiger partial charge is 0.389 e. The van der Waals surface area contributed by atoms with Crippen LogP contribution in [0.1, 0.15) is 26.3 Å². The fraction of sp³-hybridized carbons (Fsp3) is 0.462. The Balaban J connectivity index is 3.13. The van der Waals surface area contributed by atoms with Gasteiger partial charge in [0.05, 0.1) is 5.69 Å². The number of rotatable bonds is 3. The topological polar surface area (TPSA) is 29.3 Å². The zero-order valence-corrected chi connectivity index (χ0v) is 11.9. The molecular formula is C13H18F2N2S. The third-order valence-electron chi connectivity index (χ3n) is 2.45. The summed E-state index contributed by atoms with van der Waals surface area (Å²) in [5, 5.41) is 0. The zero-order chi connectivity index (χ0) is 14.1. The van der Waals surface area contributed by atoms with Gasteiger partial charge in [0.15, 0.2) is 11.6 Å². The number of anilines is 1. The van der Waals surface area contributed by atoms with Gasteiger partial charge in [-0.15, -0.1) is 0 Å². The highest BCUT2D eigenvalue weighted by molar-refractivity contribution is 7.80. The minimum Gasteiger partial charge on any atom is -0.389 e. The van der Waals surface area contributed by atoms with Gasteiger partial charge in [-0.2, -0.15) is 0 Å². The number of nitrogens with zero attached hydrogens (tertiary/aromatic N) is 1. The molecule has 0 aliphatic carbocycles. The van der Waals surface area contributed by atoms with E-state index >= 15 is 0 Å². The molecule has 2 nitrogen and oxygen atoms in total. The van der Waals surface area contributed by atoms with E-state index in [9.17, 15) is 8.78 Å². The standard InChI is InChI=1S/C13H18F2N2S/c1-13(2,3)7-17(4)9-6-5-8(12(16)18)10(14)11(9)15/h5-6H,7H2,1-4H3,(H2,16,18). The summed E-state index contributed by atoms with van der Waals surface area (Å²) in [6.07, 6.45) is 0. The fourth-order valence-corrected chi connectivity index (χ4v) is 1.98. The molecule has 0 amide bonds. The van der Waals surface area contributed by atoms with Gasteiger partial charge < -0.3 is 10.6 Å². The Morgan fingerprint density at radius 2 is 1.83 bits per heavy atom. The quantitative estimate of drug-likeness (QED) is 0.857. The highest BCUT2D eigenvalue weighted by atomic mass is 32.1. The van der Waals surface area contributed by atoms with E-state index in [1.807, 2.05) is 20.8 Å². The van der Waals surface area contributed by atoms with Crippen molar-refractivity contribution < 1.29 is 8.78 Å². The van der Waals surface area contributed by atoms with E-state index in [0.29, 0.717) is 6.54 Å². The minimum absolute atomic E-state index is 0.0144. The molecule has 1 aromatic rings. The highest BCUT2D eigenvalue weighted by Gasteiger charge is 2.20. The lowest BCUT2D eigenvalue weighted by Crippen LogP contribution is -2.30. The van der Waals surface area contributed by atoms with Crippen LogP contribution in [0.5, 0.6) is 0 Å². The lowest BCUT2D eigenvalue weighted by molar-refractivity contribution is 0.414. The zero-order valence-electron chi connectivity index (χ0n) is 11.1. The summed E-state index contributed by atoms with van der Waals surface area (Å²) in [7, 11) is 1.73. The molecule has 1 rings (SSSR count). The van der Waals surface area contributed by atoms with Crippen LogP contribution in [-0.4, -0.2) is 18.6 Å². The first kappa shape index (κ1) is 14.8. The van der Waals surface area contributed by atoms with Crippen molar-refractivity contribution >= 4 is 22.9 Å². The molecule has 18 heavy (non-hydrogen) atoms. The van der Waals surface area contributed by atoms with Crippen LogP contribution in [0.3, 0.4) is 0 Å². The van der Waals surface area contributed by atoms with Crippen molar-refractivity contribution in [3.63, 3.8) is 0 Å². The monoisotopic (exact) mass is 272 g/mol. The molecular weight excluding hydrogens is 254 g/mol. The van der Waals surface area contributed by atoms with Crippen LogP contribution >= 0.6 is 12.2 Å². The van der Waals surface area contributed by atoms with Crippen molar-refractivity contribution in [1.82, 2.24) is 0 Å². The van der Waals surface area contributed by atoms with Crippen LogP contribution in [-0.2, 0) is 0 Å². The lowest BCUT2D eigenvalue weighted by Gasteiger charge is -2.28. The highest BCUT2D eigenvalue weighted by Crippen LogP contribution is 2.26. The molecule has 0 radical (unpaired) electrons. The summed E-state index contributed by atoms with van der Waals surface area (Å²) in [6.45, 7) is 6.69. The Morgan fingerprint density at radius 3 is 2.28 bits per heavy atom. The third-order valence-corrected chi connectivity index (χ3v) is 2.67. The Kier molecular flexibility index (Phi) is 4.27. The molecule has 0 saturated heterocycles. The predicted octanol–water partition coefficient (Wildman–Crippen LogP) is 3.08. The van der Waals surface area contributed by atoms with Gasteiger partial charge in [-0.1, -0.05) is 33.0 Å². The normalized spacial score (nSPS) is 11.4. The maximum Gasteiger partial charge on any atom is 0.182 e. The average molecular weight is 272 g/mol. The summed E-state index contributed by atoms with van der Waals surface area (Å²) < 4.78 is 27.7. The molecule has 0 saturated carbocycles. The van der Waals surface area contributed by atoms with Gasteiger partial charge in [-0.3, -0.25) is 0 Å². The van der Waals surface area contributed by atoms with Gasteiger partial charge >= 0.3 is 0 Å². The van der Waals surface area contributed by atoms with Crippen LogP contribution in [0.2, 0.25) is 0 Å². The van der Waals surface area contributed by atoms with E-state index in [2.05, 4.69) is 12.2 Å². The minimum atomic E-state index is -0.985. The average Bonchev–Trinajstić information content (AvgIpc) is 2.18. The molecule has 2 N–H and O–H groups in total. The number of benzene rings is 1. The molecule has 1 aromatic carbocycles. The van der Waals surface area contributed by atoms with E-state index < -0.39 is 11.6 Å². The van der Waals surface area contributed by atoms with Crippen molar-refractivity contribution in [2.45, 2.75) is 20.8 Å². The Morgan fingerprint density at radius 1 is 1.28 bits per heavy atom. The number of halogens is 2. The first-order valence-corrected chi connectivity index (χ1v) is 6.03. The van der Waals surface area contributed by atoms with Gasteiger partial charge in [0, 0.05) is 19.2 Å². The number of hydrogen-bond donors (Lipinski definition) is 1. The molecule has 0 aliphatic rings.